The second-order valence-electron chi connectivity index (χ2n) is 2.87. The molecule has 2 amide bonds. The van der Waals surface area contributed by atoms with Crippen LogP contribution in [0.15, 0.2) is 0 Å². The lowest BCUT2D eigenvalue weighted by Gasteiger charge is -2.04. The highest BCUT2D eigenvalue weighted by Crippen LogP contribution is 1.87. The molecule has 0 unspecified atom stereocenters. The van der Waals surface area contributed by atoms with Crippen molar-refractivity contribution in [2.75, 3.05) is 19.8 Å². The summed E-state index contributed by atoms with van der Waals surface area (Å²) in [6.07, 6.45) is 1.07. The summed E-state index contributed by atoms with van der Waals surface area (Å²) >= 11 is 0. The normalized spacial score (nSPS) is 9.79. The van der Waals surface area contributed by atoms with Crippen LogP contribution in [0.4, 0.5) is 0 Å². The van der Waals surface area contributed by atoms with Gasteiger partial charge in [0.2, 0.25) is 11.8 Å². The summed E-state index contributed by atoms with van der Waals surface area (Å²) in [5.41, 5.74) is 4.90. The Balaban J connectivity index is 3.22. The van der Waals surface area contributed by atoms with E-state index in [0.29, 0.717) is 19.8 Å². The van der Waals surface area contributed by atoms with Crippen molar-refractivity contribution in [2.45, 2.75) is 26.2 Å². The zero-order valence-electron chi connectivity index (χ0n) is 8.54. The molecule has 3 N–H and O–H groups in total. The van der Waals surface area contributed by atoms with Crippen molar-refractivity contribution in [1.29, 1.82) is 0 Å². The van der Waals surface area contributed by atoms with Gasteiger partial charge in [-0.3, -0.25) is 9.59 Å². The molecule has 0 aliphatic carbocycles. The van der Waals surface area contributed by atoms with E-state index in [9.17, 15) is 9.59 Å². The molecule has 5 nitrogen and oxygen atoms in total. The molecular formula is C9H18N2O3. The van der Waals surface area contributed by atoms with Gasteiger partial charge in [-0.2, -0.15) is 0 Å². The van der Waals surface area contributed by atoms with Gasteiger partial charge in [0.15, 0.2) is 0 Å². The molecule has 0 spiro atoms. The minimum Gasteiger partial charge on any atom is -0.382 e. The summed E-state index contributed by atoms with van der Waals surface area (Å²) in [6, 6.07) is 0. The highest BCUT2D eigenvalue weighted by Gasteiger charge is 2.02. The van der Waals surface area contributed by atoms with Gasteiger partial charge in [-0.25, -0.2) is 0 Å². The summed E-state index contributed by atoms with van der Waals surface area (Å²) in [7, 11) is 0. The number of nitrogens with one attached hydrogen (secondary N) is 1. The Labute approximate surface area is 84.0 Å². The highest BCUT2D eigenvalue weighted by atomic mass is 16.5. The van der Waals surface area contributed by atoms with Crippen LogP contribution in [0.5, 0.6) is 0 Å². The topological polar surface area (TPSA) is 81.4 Å². The largest absolute Gasteiger partial charge is 0.382 e. The van der Waals surface area contributed by atoms with E-state index in [4.69, 9.17) is 10.5 Å². The minimum atomic E-state index is -0.450. The second-order valence-corrected chi connectivity index (χ2v) is 2.87. The summed E-state index contributed by atoms with van der Waals surface area (Å²) in [6.45, 7) is 3.84. The quantitative estimate of drug-likeness (QED) is 0.534. The lowest BCUT2D eigenvalue weighted by Crippen LogP contribution is -2.26. The van der Waals surface area contributed by atoms with Crippen LogP contribution in [0.2, 0.25) is 0 Å². The van der Waals surface area contributed by atoms with E-state index in [1.54, 1.807) is 0 Å². The van der Waals surface area contributed by atoms with Gasteiger partial charge in [0.25, 0.3) is 0 Å². The van der Waals surface area contributed by atoms with E-state index < -0.39 is 5.91 Å². The first-order valence-electron chi connectivity index (χ1n) is 4.79. The van der Waals surface area contributed by atoms with E-state index in [0.717, 1.165) is 6.42 Å². The maximum Gasteiger partial charge on any atom is 0.220 e. The van der Waals surface area contributed by atoms with Crippen molar-refractivity contribution in [3.05, 3.63) is 0 Å². The molecule has 14 heavy (non-hydrogen) atoms. The number of hydrogen-bond acceptors (Lipinski definition) is 3. The minimum absolute atomic E-state index is 0.108. The van der Waals surface area contributed by atoms with Crippen molar-refractivity contribution in [1.82, 2.24) is 5.32 Å². The Morgan fingerprint density at radius 1 is 1.36 bits per heavy atom. The number of carbonyl (C=O) groups excluding carboxylic acids is 2. The molecule has 0 aliphatic rings. The van der Waals surface area contributed by atoms with Gasteiger partial charge in [-0.15, -0.1) is 0 Å². The first-order chi connectivity index (χ1) is 6.66. The molecule has 0 aliphatic heterocycles. The summed E-state index contributed by atoms with van der Waals surface area (Å²) < 4.78 is 5.09. The van der Waals surface area contributed by atoms with Gasteiger partial charge in [-0.05, 0) is 13.3 Å². The molecule has 0 atom stereocenters. The van der Waals surface area contributed by atoms with Crippen molar-refractivity contribution in [3.8, 4) is 0 Å². The molecule has 0 heterocycles. The fourth-order valence-electron chi connectivity index (χ4n) is 0.871. The molecule has 0 bridgehead atoms. The smallest absolute Gasteiger partial charge is 0.220 e. The Morgan fingerprint density at radius 3 is 2.64 bits per heavy atom. The monoisotopic (exact) mass is 202 g/mol. The first kappa shape index (κ1) is 12.9. The molecule has 0 saturated carbocycles. The number of amides is 2. The average Bonchev–Trinajstić information content (AvgIpc) is 2.14. The van der Waals surface area contributed by atoms with Crippen molar-refractivity contribution >= 4 is 11.8 Å². The molecule has 0 radical (unpaired) electrons. The van der Waals surface area contributed by atoms with Crippen LogP contribution in [0.25, 0.3) is 0 Å². The SMILES string of the molecule is CCOCCCNC(=O)CCC(N)=O. The van der Waals surface area contributed by atoms with Crippen LogP contribution in [-0.2, 0) is 14.3 Å². The molecule has 0 fully saturated rings. The standard InChI is InChI=1S/C9H18N2O3/c1-2-14-7-3-6-11-9(13)5-4-8(10)12/h2-7H2,1H3,(H2,10,12)(H,11,13). The number of nitrogens with two attached hydrogens (primary N) is 1. The van der Waals surface area contributed by atoms with Gasteiger partial charge < -0.3 is 15.8 Å². The third-order valence-corrected chi connectivity index (χ3v) is 1.59. The Bertz CT molecular complexity index is 183. The Morgan fingerprint density at radius 2 is 2.07 bits per heavy atom. The predicted molar refractivity (Wildman–Crippen MR) is 52.5 cm³/mol. The van der Waals surface area contributed by atoms with Crippen molar-refractivity contribution in [2.24, 2.45) is 5.73 Å². The van der Waals surface area contributed by atoms with Crippen LogP contribution in [0.3, 0.4) is 0 Å². The molecule has 0 rings (SSSR count). The lowest BCUT2D eigenvalue weighted by atomic mass is 10.3. The predicted octanol–water partition coefficient (Wildman–Crippen LogP) is -0.205. The molecule has 82 valence electrons. The van der Waals surface area contributed by atoms with Crippen LogP contribution in [0.1, 0.15) is 26.2 Å². The molecule has 5 heteroatoms. The van der Waals surface area contributed by atoms with Crippen LogP contribution < -0.4 is 11.1 Å². The zero-order valence-corrected chi connectivity index (χ0v) is 8.54. The van der Waals surface area contributed by atoms with Crippen molar-refractivity contribution < 1.29 is 14.3 Å². The van der Waals surface area contributed by atoms with Crippen molar-refractivity contribution in [3.63, 3.8) is 0 Å². The molecule has 0 aromatic heterocycles. The summed E-state index contributed by atoms with van der Waals surface area (Å²) in [5.74, 6) is -0.588. The fraction of sp³-hybridized carbons (Fsp3) is 0.778. The van der Waals surface area contributed by atoms with E-state index >= 15 is 0 Å². The first-order valence-corrected chi connectivity index (χ1v) is 4.79. The third kappa shape index (κ3) is 8.99. The number of ether oxygens (including phenoxy) is 1. The lowest BCUT2D eigenvalue weighted by molar-refractivity contribution is -0.125. The van der Waals surface area contributed by atoms with Gasteiger partial charge in [0.05, 0.1) is 0 Å². The fourth-order valence-corrected chi connectivity index (χ4v) is 0.871. The Hall–Kier alpha value is -1.10. The maximum atomic E-state index is 11.0. The van der Waals surface area contributed by atoms with E-state index in [-0.39, 0.29) is 18.7 Å². The van der Waals surface area contributed by atoms with Gasteiger partial charge in [0, 0.05) is 32.6 Å². The van der Waals surface area contributed by atoms with E-state index in [1.165, 1.54) is 0 Å². The van der Waals surface area contributed by atoms with E-state index in [1.807, 2.05) is 6.92 Å². The van der Waals surface area contributed by atoms with Crippen LogP contribution >= 0.6 is 0 Å². The Kier molecular flexibility index (Phi) is 7.83. The molecule has 0 saturated heterocycles. The number of primary amides is 1. The zero-order chi connectivity index (χ0) is 10.8. The van der Waals surface area contributed by atoms with Gasteiger partial charge >= 0.3 is 0 Å². The second kappa shape index (κ2) is 8.50. The van der Waals surface area contributed by atoms with Crippen LogP contribution in [-0.4, -0.2) is 31.6 Å². The average molecular weight is 202 g/mol. The third-order valence-electron chi connectivity index (χ3n) is 1.59. The van der Waals surface area contributed by atoms with E-state index in [2.05, 4.69) is 5.32 Å². The highest BCUT2D eigenvalue weighted by molar-refractivity contribution is 5.82. The molecular weight excluding hydrogens is 184 g/mol. The number of rotatable bonds is 8. The summed E-state index contributed by atoms with van der Waals surface area (Å²) in [5, 5.41) is 2.67. The number of carbonyl (C=O) groups is 2. The molecule has 0 aromatic rings. The van der Waals surface area contributed by atoms with Gasteiger partial charge in [-0.1, -0.05) is 0 Å². The number of hydrogen-bond donors (Lipinski definition) is 2. The maximum absolute atomic E-state index is 11.0. The van der Waals surface area contributed by atoms with Gasteiger partial charge in [0.1, 0.15) is 0 Å². The summed E-state index contributed by atoms with van der Waals surface area (Å²) in [4.78, 5) is 21.4. The van der Waals surface area contributed by atoms with Crippen LogP contribution in [0, 0.1) is 0 Å². The molecule has 0 aromatic carbocycles.